The maximum Gasteiger partial charge on any atom is 0.354 e. The van der Waals surface area contributed by atoms with Crippen molar-refractivity contribution in [2.75, 3.05) is 0 Å². The Hall–Kier alpha value is -2.76. The van der Waals surface area contributed by atoms with E-state index in [1.54, 1.807) is 18.2 Å². The molecule has 0 aliphatic heterocycles. The number of pyridine rings is 1. The summed E-state index contributed by atoms with van der Waals surface area (Å²) in [6, 6.07) is 8.97. The van der Waals surface area contributed by atoms with Crippen LogP contribution in [0.15, 0.2) is 42.6 Å². The SMILES string of the molecule is O=C(O)c1cc(-c2cccc([N+](=O)[O-])c2)ccn1. The van der Waals surface area contributed by atoms with Crippen LogP contribution in [-0.4, -0.2) is 21.0 Å². The summed E-state index contributed by atoms with van der Waals surface area (Å²) in [7, 11) is 0. The van der Waals surface area contributed by atoms with Gasteiger partial charge in [0.15, 0.2) is 0 Å². The van der Waals surface area contributed by atoms with Crippen molar-refractivity contribution in [3.05, 3.63) is 58.4 Å². The lowest BCUT2D eigenvalue weighted by molar-refractivity contribution is -0.384. The number of aromatic nitrogens is 1. The average molecular weight is 244 g/mol. The molecule has 90 valence electrons. The van der Waals surface area contributed by atoms with E-state index in [9.17, 15) is 14.9 Å². The van der Waals surface area contributed by atoms with Crippen LogP contribution in [0.2, 0.25) is 0 Å². The predicted molar refractivity (Wildman–Crippen MR) is 63.3 cm³/mol. The molecule has 1 heterocycles. The lowest BCUT2D eigenvalue weighted by Crippen LogP contribution is -1.99. The summed E-state index contributed by atoms with van der Waals surface area (Å²) in [4.78, 5) is 24.6. The van der Waals surface area contributed by atoms with Gasteiger partial charge in [-0.25, -0.2) is 9.78 Å². The Morgan fingerprint density at radius 2 is 1.94 bits per heavy atom. The zero-order chi connectivity index (χ0) is 13.1. The van der Waals surface area contributed by atoms with Crippen LogP contribution in [0.5, 0.6) is 0 Å². The Kier molecular flexibility index (Phi) is 3.01. The number of non-ortho nitro benzene ring substituents is 1. The van der Waals surface area contributed by atoms with E-state index in [1.807, 2.05) is 0 Å². The van der Waals surface area contributed by atoms with Gasteiger partial charge >= 0.3 is 5.97 Å². The smallest absolute Gasteiger partial charge is 0.354 e. The van der Waals surface area contributed by atoms with E-state index < -0.39 is 10.9 Å². The van der Waals surface area contributed by atoms with Gasteiger partial charge in [0.05, 0.1) is 4.92 Å². The molecule has 6 heteroatoms. The van der Waals surface area contributed by atoms with Crippen LogP contribution in [-0.2, 0) is 0 Å². The van der Waals surface area contributed by atoms with Gasteiger partial charge in [0.25, 0.3) is 5.69 Å². The van der Waals surface area contributed by atoms with Crippen molar-refractivity contribution in [2.24, 2.45) is 0 Å². The van der Waals surface area contributed by atoms with E-state index in [4.69, 9.17) is 5.11 Å². The van der Waals surface area contributed by atoms with Crippen molar-refractivity contribution in [2.45, 2.75) is 0 Å². The van der Waals surface area contributed by atoms with Gasteiger partial charge in [0.2, 0.25) is 0 Å². The summed E-state index contributed by atoms with van der Waals surface area (Å²) in [5.74, 6) is -1.14. The van der Waals surface area contributed by atoms with Gasteiger partial charge in [-0.2, -0.15) is 0 Å². The Labute approximate surface area is 102 Å². The number of carboxylic acid groups (broad SMARTS) is 1. The van der Waals surface area contributed by atoms with Crippen molar-refractivity contribution < 1.29 is 14.8 Å². The Bertz CT molecular complexity index is 569. The molecule has 2 aromatic rings. The van der Waals surface area contributed by atoms with Gasteiger partial charge in [-0.05, 0) is 23.3 Å². The quantitative estimate of drug-likeness (QED) is 0.660. The molecule has 0 unspecified atom stereocenters. The highest BCUT2D eigenvalue weighted by Gasteiger charge is 2.09. The summed E-state index contributed by atoms with van der Waals surface area (Å²) >= 11 is 0. The topological polar surface area (TPSA) is 93.3 Å². The molecule has 0 fully saturated rings. The van der Waals surface area contributed by atoms with Crippen molar-refractivity contribution in [3.63, 3.8) is 0 Å². The number of rotatable bonds is 3. The lowest BCUT2D eigenvalue weighted by atomic mass is 10.1. The van der Waals surface area contributed by atoms with E-state index in [0.717, 1.165) is 0 Å². The number of benzene rings is 1. The second-order valence-corrected chi connectivity index (χ2v) is 3.54. The minimum Gasteiger partial charge on any atom is -0.477 e. The van der Waals surface area contributed by atoms with Gasteiger partial charge in [-0.15, -0.1) is 0 Å². The molecule has 0 bridgehead atoms. The van der Waals surface area contributed by atoms with Gasteiger partial charge < -0.3 is 5.11 Å². The number of hydrogen-bond donors (Lipinski definition) is 1. The third-order valence-corrected chi connectivity index (χ3v) is 2.37. The summed E-state index contributed by atoms with van der Waals surface area (Å²) in [6.07, 6.45) is 1.36. The van der Waals surface area contributed by atoms with E-state index in [2.05, 4.69) is 4.98 Å². The number of nitro benzene ring substituents is 1. The monoisotopic (exact) mass is 244 g/mol. The molecule has 0 saturated heterocycles. The van der Waals surface area contributed by atoms with Crippen molar-refractivity contribution in [1.82, 2.24) is 4.98 Å². The molecular formula is C12H8N2O4. The van der Waals surface area contributed by atoms with Crippen molar-refractivity contribution in [3.8, 4) is 11.1 Å². The van der Waals surface area contributed by atoms with Crippen LogP contribution in [0.4, 0.5) is 5.69 Å². The minimum absolute atomic E-state index is 0.0406. The number of nitro groups is 1. The van der Waals surface area contributed by atoms with Gasteiger partial charge in [-0.1, -0.05) is 12.1 Å². The van der Waals surface area contributed by atoms with Crippen LogP contribution in [0.1, 0.15) is 10.5 Å². The highest BCUT2D eigenvalue weighted by molar-refractivity contribution is 5.87. The van der Waals surface area contributed by atoms with Crippen molar-refractivity contribution in [1.29, 1.82) is 0 Å². The first kappa shape index (κ1) is 11.7. The van der Waals surface area contributed by atoms with Gasteiger partial charge in [-0.3, -0.25) is 10.1 Å². The fourth-order valence-electron chi connectivity index (χ4n) is 1.53. The second kappa shape index (κ2) is 4.62. The summed E-state index contributed by atoms with van der Waals surface area (Å²) in [5.41, 5.74) is 1.01. The zero-order valence-corrected chi connectivity index (χ0v) is 9.11. The van der Waals surface area contributed by atoms with Crippen LogP contribution in [0.3, 0.4) is 0 Å². The van der Waals surface area contributed by atoms with Crippen molar-refractivity contribution >= 4 is 11.7 Å². The third kappa shape index (κ3) is 2.32. The second-order valence-electron chi connectivity index (χ2n) is 3.54. The molecule has 0 aliphatic rings. The van der Waals surface area contributed by atoms with E-state index in [1.165, 1.54) is 24.4 Å². The molecule has 1 N–H and O–H groups in total. The zero-order valence-electron chi connectivity index (χ0n) is 9.11. The largest absolute Gasteiger partial charge is 0.477 e. The Morgan fingerprint density at radius 1 is 1.22 bits per heavy atom. The molecule has 0 amide bonds. The molecule has 2 rings (SSSR count). The van der Waals surface area contributed by atoms with Crippen LogP contribution in [0.25, 0.3) is 11.1 Å². The molecule has 0 radical (unpaired) electrons. The van der Waals surface area contributed by atoms with Gasteiger partial charge in [0, 0.05) is 18.3 Å². The molecule has 0 aliphatic carbocycles. The Morgan fingerprint density at radius 3 is 2.61 bits per heavy atom. The summed E-state index contributed by atoms with van der Waals surface area (Å²) in [6.45, 7) is 0. The first-order chi connectivity index (χ1) is 8.58. The lowest BCUT2D eigenvalue weighted by Gasteiger charge is -2.02. The first-order valence-corrected chi connectivity index (χ1v) is 5.02. The molecule has 18 heavy (non-hydrogen) atoms. The summed E-state index contributed by atoms with van der Waals surface area (Å²) in [5, 5.41) is 19.5. The summed E-state index contributed by atoms with van der Waals surface area (Å²) < 4.78 is 0. The fraction of sp³-hybridized carbons (Fsp3) is 0. The van der Waals surface area contributed by atoms with E-state index in [0.29, 0.717) is 11.1 Å². The first-order valence-electron chi connectivity index (χ1n) is 5.02. The Balaban J connectivity index is 2.48. The maximum atomic E-state index is 10.8. The number of carboxylic acids is 1. The minimum atomic E-state index is -1.14. The van der Waals surface area contributed by atoms with Crippen LogP contribution >= 0.6 is 0 Å². The van der Waals surface area contributed by atoms with Gasteiger partial charge in [0.1, 0.15) is 5.69 Å². The standard InChI is InChI=1S/C12H8N2O4/c15-12(16)11-7-9(4-5-13-11)8-2-1-3-10(6-8)14(17)18/h1-7H,(H,15,16). The molecule has 0 atom stereocenters. The third-order valence-electron chi connectivity index (χ3n) is 2.37. The van der Waals surface area contributed by atoms with Crippen LogP contribution in [0, 0.1) is 10.1 Å². The highest BCUT2D eigenvalue weighted by atomic mass is 16.6. The molecular weight excluding hydrogens is 236 g/mol. The molecule has 0 saturated carbocycles. The number of hydrogen-bond acceptors (Lipinski definition) is 4. The molecule has 1 aromatic carbocycles. The normalized spacial score (nSPS) is 10.0. The number of aromatic carboxylic acids is 1. The number of nitrogens with zero attached hydrogens (tertiary/aromatic N) is 2. The number of carbonyl (C=O) groups is 1. The molecule has 1 aromatic heterocycles. The van der Waals surface area contributed by atoms with E-state index >= 15 is 0 Å². The molecule has 0 spiro atoms. The maximum absolute atomic E-state index is 10.8. The molecule has 6 nitrogen and oxygen atoms in total. The van der Waals surface area contributed by atoms with Crippen LogP contribution < -0.4 is 0 Å². The predicted octanol–water partition coefficient (Wildman–Crippen LogP) is 2.36. The highest BCUT2D eigenvalue weighted by Crippen LogP contribution is 2.23. The average Bonchev–Trinajstić information content (AvgIpc) is 2.39. The van der Waals surface area contributed by atoms with E-state index in [-0.39, 0.29) is 11.4 Å². The fourth-order valence-corrected chi connectivity index (χ4v) is 1.53.